The summed E-state index contributed by atoms with van der Waals surface area (Å²) < 4.78 is 15.3. The quantitative estimate of drug-likeness (QED) is 0.778. The molecule has 7 heteroatoms. The summed E-state index contributed by atoms with van der Waals surface area (Å²) in [4.78, 5) is 22.7. The van der Waals surface area contributed by atoms with Crippen molar-refractivity contribution in [2.75, 3.05) is 6.54 Å². The summed E-state index contributed by atoms with van der Waals surface area (Å²) in [7, 11) is 0. The summed E-state index contributed by atoms with van der Waals surface area (Å²) in [5.41, 5.74) is 2.77. The van der Waals surface area contributed by atoms with Crippen LogP contribution in [0.25, 0.3) is 11.0 Å². The van der Waals surface area contributed by atoms with E-state index in [1.54, 1.807) is 6.07 Å². The van der Waals surface area contributed by atoms with Crippen molar-refractivity contribution >= 4 is 16.9 Å². The van der Waals surface area contributed by atoms with Crippen LogP contribution in [0, 0.1) is 12.7 Å². The molecule has 3 heterocycles. The molecular weight excluding hydrogens is 333 g/mol. The molecule has 1 atom stereocenters. The van der Waals surface area contributed by atoms with Crippen molar-refractivity contribution in [3.63, 3.8) is 0 Å². The molecule has 2 aromatic heterocycles. The Hall–Kier alpha value is -2.70. The normalized spacial score (nSPS) is 17.3. The van der Waals surface area contributed by atoms with E-state index in [9.17, 15) is 9.18 Å². The third kappa shape index (κ3) is 2.87. The Morgan fingerprint density at radius 1 is 1.42 bits per heavy atom. The van der Waals surface area contributed by atoms with Crippen LogP contribution in [-0.4, -0.2) is 37.1 Å². The fraction of sp³-hybridized carbons (Fsp3) is 0.421. The third-order valence-electron chi connectivity index (χ3n) is 4.92. The van der Waals surface area contributed by atoms with E-state index in [0.717, 1.165) is 37.3 Å². The second-order valence-corrected chi connectivity index (χ2v) is 6.83. The van der Waals surface area contributed by atoms with Gasteiger partial charge in [-0.1, -0.05) is 6.92 Å². The molecule has 6 nitrogen and oxygen atoms in total. The van der Waals surface area contributed by atoms with Gasteiger partial charge in [-0.2, -0.15) is 5.10 Å². The molecule has 26 heavy (non-hydrogen) atoms. The first-order valence-corrected chi connectivity index (χ1v) is 9.07. The zero-order valence-corrected chi connectivity index (χ0v) is 15.0. The Bertz CT molecular complexity index is 960. The van der Waals surface area contributed by atoms with Crippen molar-refractivity contribution < 1.29 is 9.18 Å². The van der Waals surface area contributed by atoms with Gasteiger partial charge in [0.05, 0.1) is 28.3 Å². The lowest BCUT2D eigenvalue weighted by atomic mass is 10.2. The number of carbonyl (C=O) groups excluding carboxylic acids is 1. The molecule has 1 unspecified atom stereocenters. The SMILES string of the molecule is CCCn1cc(C(=O)N2CCCC2c2nc3ccc(F)cc3[nH]2)c(C)n1. The molecule has 0 radical (unpaired) electrons. The predicted octanol–water partition coefficient (Wildman–Crippen LogP) is 3.59. The number of halogens is 1. The molecule has 0 bridgehead atoms. The van der Waals surface area contributed by atoms with Crippen molar-refractivity contribution in [2.45, 2.75) is 45.7 Å². The zero-order chi connectivity index (χ0) is 18.3. The first-order valence-electron chi connectivity index (χ1n) is 9.07. The van der Waals surface area contributed by atoms with Gasteiger partial charge in [-0.05, 0) is 44.4 Å². The van der Waals surface area contributed by atoms with Crippen molar-refractivity contribution in [1.82, 2.24) is 24.6 Å². The van der Waals surface area contributed by atoms with Gasteiger partial charge in [0, 0.05) is 19.3 Å². The van der Waals surface area contributed by atoms with Crippen LogP contribution in [0.3, 0.4) is 0 Å². The number of hydrogen-bond donors (Lipinski definition) is 1. The fourth-order valence-corrected chi connectivity index (χ4v) is 3.68. The molecule has 136 valence electrons. The number of likely N-dealkylation sites (tertiary alicyclic amines) is 1. The lowest BCUT2D eigenvalue weighted by Crippen LogP contribution is -2.31. The lowest BCUT2D eigenvalue weighted by molar-refractivity contribution is 0.0729. The molecule has 1 aliphatic rings. The second kappa shape index (κ2) is 6.55. The van der Waals surface area contributed by atoms with Crippen LogP contribution >= 0.6 is 0 Å². The number of amides is 1. The summed E-state index contributed by atoms with van der Waals surface area (Å²) in [5.74, 6) is 0.403. The van der Waals surface area contributed by atoms with Gasteiger partial charge in [-0.3, -0.25) is 9.48 Å². The number of aromatic nitrogens is 4. The van der Waals surface area contributed by atoms with Gasteiger partial charge in [0.2, 0.25) is 0 Å². The van der Waals surface area contributed by atoms with Crippen LogP contribution < -0.4 is 0 Å². The maximum atomic E-state index is 13.4. The number of carbonyl (C=O) groups is 1. The van der Waals surface area contributed by atoms with Crippen molar-refractivity contribution in [3.05, 3.63) is 47.3 Å². The Labute approximate surface area is 151 Å². The first-order chi connectivity index (χ1) is 12.6. The van der Waals surface area contributed by atoms with Crippen LogP contribution in [-0.2, 0) is 6.54 Å². The number of imidazole rings is 1. The molecule has 1 amide bonds. The molecule has 1 aromatic carbocycles. The van der Waals surface area contributed by atoms with Crippen LogP contribution in [0.5, 0.6) is 0 Å². The van der Waals surface area contributed by atoms with Crippen molar-refractivity contribution in [3.8, 4) is 0 Å². The Kier molecular flexibility index (Phi) is 4.22. The van der Waals surface area contributed by atoms with E-state index in [1.807, 2.05) is 22.7 Å². The van der Waals surface area contributed by atoms with Crippen LogP contribution in [0.2, 0.25) is 0 Å². The number of fused-ring (bicyclic) bond motifs is 1. The molecule has 1 aliphatic heterocycles. The Morgan fingerprint density at radius 3 is 3.08 bits per heavy atom. The summed E-state index contributed by atoms with van der Waals surface area (Å²) >= 11 is 0. The minimum absolute atomic E-state index is 0.0148. The molecule has 3 aromatic rings. The van der Waals surface area contributed by atoms with E-state index in [1.165, 1.54) is 12.1 Å². The number of nitrogens with zero attached hydrogens (tertiary/aromatic N) is 4. The van der Waals surface area contributed by atoms with Gasteiger partial charge in [0.15, 0.2) is 0 Å². The van der Waals surface area contributed by atoms with E-state index in [4.69, 9.17) is 0 Å². The van der Waals surface area contributed by atoms with E-state index in [2.05, 4.69) is 22.0 Å². The second-order valence-electron chi connectivity index (χ2n) is 6.83. The highest BCUT2D eigenvalue weighted by Crippen LogP contribution is 2.33. The zero-order valence-electron chi connectivity index (χ0n) is 15.0. The Morgan fingerprint density at radius 2 is 2.27 bits per heavy atom. The molecule has 4 rings (SSSR count). The van der Waals surface area contributed by atoms with Crippen molar-refractivity contribution in [2.24, 2.45) is 0 Å². The number of aryl methyl sites for hydroxylation is 2. The monoisotopic (exact) mass is 355 g/mol. The average molecular weight is 355 g/mol. The minimum Gasteiger partial charge on any atom is -0.340 e. The molecule has 0 aliphatic carbocycles. The highest BCUT2D eigenvalue weighted by atomic mass is 19.1. The highest BCUT2D eigenvalue weighted by molar-refractivity contribution is 5.95. The topological polar surface area (TPSA) is 66.8 Å². The van der Waals surface area contributed by atoms with Gasteiger partial charge in [-0.25, -0.2) is 9.37 Å². The number of rotatable bonds is 4. The van der Waals surface area contributed by atoms with Gasteiger partial charge in [0.1, 0.15) is 11.6 Å². The number of benzene rings is 1. The average Bonchev–Trinajstić information content (AvgIpc) is 3.31. The molecule has 0 saturated carbocycles. The number of aromatic amines is 1. The van der Waals surface area contributed by atoms with E-state index >= 15 is 0 Å². The van der Waals surface area contributed by atoms with Crippen LogP contribution in [0.4, 0.5) is 4.39 Å². The van der Waals surface area contributed by atoms with Crippen LogP contribution in [0.15, 0.2) is 24.4 Å². The van der Waals surface area contributed by atoms with Gasteiger partial charge in [0.25, 0.3) is 5.91 Å². The predicted molar refractivity (Wildman–Crippen MR) is 96.3 cm³/mol. The van der Waals surface area contributed by atoms with E-state index in [-0.39, 0.29) is 17.8 Å². The van der Waals surface area contributed by atoms with Gasteiger partial charge >= 0.3 is 0 Å². The molecule has 1 fully saturated rings. The van der Waals surface area contributed by atoms with Crippen LogP contribution in [0.1, 0.15) is 54.1 Å². The van der Waals surface area contributed by atoms with E-state index < -0.39 is 0 Å². The summed E-state index contributed by atoms with van der Waals surface area (Å²) in [6.45, 7) is 5.44. The largest absolute Gasteiger partial charge is 0.340 e. The van der Waals surface area contributed by atoms with Gasteiger partial charge < -0.3 is 9.88 Å². The lowest BCUT2D eigenvalue weighted by Gasteiger charge is -2.22. The molecular formula is C19H22FN5O. The maximum absolute atomic E-state index is 13.4. The first kappa shape index (κ1) is 16.8. The standard InChI is InChI=1S/C19H22FN5O/c1-3-8-24-11-14(12(2)23-24)19(26)25-9-4-5-17(25)18-21-15-7-6-13(20)10-16(15)22-18/h6-7,10-11,17H,3-5,8-9H2,1-2H3,(H,21,22). The number of hydrogen-bond acceptors (Lipinski definition) is 3. The molecule has 1 saturated heterocycles. The summed E-state index contributed by atoms with van der Waals surface area (Å²) in [5, 5.41) is 4.44. The van der Waals surface area contributed by atoms with Crippen molar-refractivity contribution in [1.29, 1.82) is 0 Å². The number of H-pyrrole nitrogens is 1. The smallest absolute Gasteiger partial charge is 0.257 e. The highest BCUT2D eigenvalue weighted by Gasteiger charge is 2.34. The molecule has 1 N–H and O–H groups in total. The summed E-state index contributed by atoms with van der Waals surface area (Å²) in [6.07, 6.45) is 4.57. The third-order valence-corrected chi connectivity index (χ3v) is 4.92. The Balaban J connectivity index is 1.64. The number of nitrogens with one attached hydrogen (secondary N) is 1. The van der Waals surface area contributed by atoms with Gasteiger partial charge in [-0.15, -0.1) is 0 Å². The van der Waals surface area contributed by atoms with E-state index in [0.29, 0.717) is 23.1 Å². The molecule has 0 spiro atoms. The maximum Gasteiger partial charge on any atom is 0.257 e. The fourth-order valence-electron chi connectivity index (χ4n) is 3.68. The summed E-state index contributed by atoms with van der Waals surface area (Å²) in [6, 6.07) is 4.37. The minimum atomic E-state index is -0.300.